The van der Waals surface area contributed by atoms with Crippen LogP contribution in [0.1, 0.15) is 19.8 Å². The van der Waals surface area contributed by atoms with Crippen molar-refractivity contribution in [3.63, 3.8) is 0 Å². The van der Waals surface area contributed by atoms with Gasteiger partial charge in [-0.1, -0.05) is 24.9 Å². The van der Waals surface area contributed by atoms with Crippen molar-refractivity contribution >= 4 is 17.3 Å². The highest BCUT2D eigenvalue weighted by molar-refractivity contribution is 6.32. The number of anilines is 1. The van der Waals surface area contributed by atoms with Gasteiger partial charge in [-0.25, -0.2) is 0 Å². The third kappa shape index (κ3) is 3.30. The van der Waals surface area contributed by atoms with Crippen molar-refractivity contribution in [3.05, 3.63) is 17.2 Å². The van der Waals surface area contributed by atoms with Crippen molar-refractivity contribution < 1.29 is 9.47 Å². The molecular formula is C15H23ClN2O2. The normalized spacial score (nSPS) is 19.0. The van der Waals surface area contributed by atoms with Crippen LogP contribution in [0, 0.1) is 0 Å². The zero-order chi connectivity index (χ0) is 14.5. The Hall–Kier alpha value is -1.13. The van der Waals surface area contributed by atoms with Gasteiger partial charge in [0.25, 0.3) is 0 Å². The van der Waals surface area contributed by atoms with Crippen LogP contribution in [-0.2, 0) is 0 Å². The van der Waals surface area contributed by atoms with Gasteiger partial charge >= 0.3 is 0 Å². The average molecular weight is 299 g/mol. The fourth-order valence-electron chi connectivity index (χ4n) is 2.68. The van der Waals surface area contributed by atoms with E-state index in [0.29, 0.717) is 16.8 Å². The molecule has 0 bridgehead atoms. The van der Waals surface area contributed by atoms with Gasteiger partial charge in [-0.2, -0.15) is 0 Å². The fraction of sp³-hybridized carbons (Fsp3) is 0.600. The smallest absolute Gasteiger partial charge is 0.145 e. The van der Waals surface area contributed by atoms with Crippen molar-refractivity contribution in [2.45, 2.75) is 25.8 Å². The van der Waals surface area contributed by atoms with Gasteiger partial charge in [0, 0.05) is 31.7 Å². The number of ether oxygens (including phenoxy) is 2. The van der Waals surface area contributed by atoms with E-state index in [9.17, 15) is 0 Å². The van der Waals surface area contributed by atoms with Crippen LogP contribution >= 0.6 is 11.6 Å². The Kier molecular flexibility index (Phi) is 5.38. The van der Waals surface area contributed by atoms with E-state index in [4.69, 9.17) is 21.1 Å². The van der Waals surface area contributed by atoms with Crippen LogP contribution in [0.3, 0.4) is 0 Å². The summed E-state index contributed by atoms with van der Waals surface area (Å²) in [6, 6.07) is 4.32. The SMILES string of the molecule is CCCC1CN(c2cc(Cl)c(OC)cc2OC)CCN1. The molecule has 1 aromatic rings. The molecule has 4 nitrogen and oxygen atoms in total. The van der Waals surface area contributed by atoms with Crippen molar-refractivity contribution in [1.29, 1.82) is 0 Å². The Labute approximate surface area is 126 Å². The number of nitrogens with one attached hydrogen (secondary N) is 1. The molecule has 112 valence electrons. The lowest BCUT2D eigenvalue weighted by Gasteiger charge is -2.36. The molecule has 0 spiro atoms. The van der Waals surface area contributed by atoms with Gasteiger partial charge in [-0.05, 0) is 12.5 Å². The molecule has 1 saturated heterocycles. The minimum atomic E-state index is 0.527. The monoisotopic (exact) mass is 298 g/mol. The first-order chi connectivity index (χ1) is 9.69. The standard InChI is InChI=1S/C15H23ClN2O2/c1-4-5-11-10-18(7-6-17-11)13-8-12(16)14(19-2)9-15(13)20-3/h8-9,11,17H,4-7,10H2,1-3H3. The zero-order valence-electron chi connectivity index (χ0n) is 12.4. The highest BCUT2D eigenvalue weighted by Crippen LogP contribution is 2.38. The lowest BCUT2D eigenvalue weighted by Crippen LogP contribution is -2.50. The summed E-state index contributed by atoms with van der Waals surface area (Å²) in [5, 5.41) is 4.17. The van der Waals surface area contributed by atoms with Gasteiger partial charge in [0.2, 0.25) is 0 Å². The number of benzene rings is 1. The third-order valence-electron chi connectivity index (χ3n) is 3.69. The van der Waals surface area contributed by atoms with Gasteiger partial charge < -0.3 is 19.7 Å². The lowest BCUT2D eigenvalue weighted by molar-refractivity contribution is 0.389. The van der Waals surface area contributed by atoms with Gasteiger partial charge in [0.1, 0.15) is 11.5 Å². The van der Waals surface area contributed by atoms with Crippen LogP contribution in [-0.4, -0.2) is 39.9 Å². The molecule has 1 aromatic carbocycles. The number of methoxy groups -OCH3 is 2. The van der Waals surface area contributed by atoms with Crippen LogP contribution in [0.15, 0.2) is 12.1 Å². The van der Waals surface area contributed by atoms with Crippen LogP contribution < -0.4 is 19.7 Å². The molecule has 1 unspecified atom stereocenters. The molecule has 2 rings (SSSR count). The van der Waals surface area contributed by atoms with Crippen LogP contribution in [0.5, 0.6) is 11.5 Å². The van der Waals surface area contributed by atoms with E-state index in [1.807, 2.05) is 12.1 Å². The number of hydrogen-bond acceptors (Lipinski definition) is 4. The summed E-state index contributed by atoms with van der Waals surface area (Å²) in [7, 11) is 3.29. The Balaban J connectivity index is 2.24. The minimum absolute atomic E-state index is 0.527. The summed E-state index contributed by atoms with van der Waals surface area (Å²) in [6.07, 6.45) is 2.37. The van der Waals surface area contributed by atoms with E-state index < -0.39 is 0 Å². The molecule has 5 heteroatoms. The molecule has 0 aromatic heterocycles. The summed E-state index contributed by atoms with van der Waals surface area (Å²) in [6.45, 7) is 5.13. The van der Waals surface area contributed by atoms with Crippen molar-refractivity contribution in [2.75, 3.05) is 38.8 Å². The number of rotatable bonds is 5. The molecular weight excluding hydrogens is 276 g/mol. The summed E-state index contributed by atoms with van der Waals surface area (Å²) in [4.78, 5) is 2.33. The Morgan fingerprint density at radius 3 is 2.70 bits per heavy atom. The second-order valence-corrected chi connectivity index (χ2v) is 5.45. The third-order valence-corrected chi connectivity index (χ3v) is 3.98. The number of nitrogens with zero attached hydrogens (tertiary/aromatic N) is 1. The predicted octanol–water partition coefficient (Wildman–Crippen LogP) is 2.94. The summed E-state index contributed by atoms with van der Waals surface area (Å²) in [5.41, 5.74) is 1.04. The zero-order valence-corrected chi connectivity index (χ0v) is 13.2. The van der Waals surface area contributed by atoms with Crippen molar-refractivity contribution in [2.24, 2.45) is 0 Å². The summed E-state index contributed by atoms with van der Waals surface area (Å²) >= 11 is 6.25. The molecule has 1 fully saturated rings. The Morgan fingerprint density at radius 2 is 2.05 bits per heavy atom. The molecule has 1 atom stereocenters. The second kappa shape index (κ2) is 7.04. The highest BCUT2D eigenvalue weighted by atomic mass is 35.5. The van der Waals surface area contributed by atoms with Gasteiger partial charge in [0.05, 0.1) is 24.9 Å². The lowest BCUT2D eigenvalue weighted by atomic mass is 10.1. The number of piperazine rings is 1. The summed E-state index contributed by atoms with van der Waals surface area (Å²) < 4.78 is 10.7. The molecule has 20 heavy (non-hydrogen) atoms. The fourth-order valence-corrected chi connectivity index (χ4v) is 2.91. The molecule has 0 amide bonds. The maximum absolute atomic E-state index is 6.25. The van der Waals surface area contributed by atoms with E-state index in [1.54, 1.807) is 14.2 Å². The highest BCUT2D eigenvalue weighted by Gasteiger charge is 2.22. The van der Waals surface area contributed by atoms with E-state index in [-0.39, 0.29) is 0 Å². The Bertz CT molecular complexity index is 452. The maximum Gasteiger partial charge on any atom is 0.145 e. The van der Waals surface area contributed by atoms with E-state index in [1.165, 1.54) is 12.8 Å². The average Bonchev–Trinajstić information content (AvgIpc) is 2.47. The largest absolute Gasteiger partial charge is 0.495 e. The molecule has 0 aliphatic carbocycles. The van der Waals surface area contributed by atoms with Crippen LogP contribution in [0.25, 0.3) is 0 Å². The minimum Gasteiger partial charge on any atom is -0.495 e. The quantitative estimate of drug-likeness (QED) is 0.906. The van der Waals surface area contributed by atoms with E-state index in [2.05, 4.69) is 17.1 Å². The van der Waals surface area contributed by atoms with Gasteiger partial charge in [-0.3, -0.25) is 0 Å². The number of halogens is 1. The molecule has 1 aliphatic heterocycles. The molecule has 1 N–H and O–H groups in total. The second-order valence-electron chi connectivity index (χ2n) is 5.04. The van der Waals surface area contributed by atoms with E-state index in [0.717, 1.165) is 31.1 Å². The van der Waals surface area contributed by atoms with Crippen LogP contribution in [0.2, 0.25) is 5.02 Å². The van der Waals surface area contributed by atoms with Crippen molar-refractivity contribution in [1.82, 2.24) is 5.32 Å². The maximum atomic E-state index is 6.25. The van der Waals surface area contributed by atoms with E-state index >= 15 is 0 Å². The van der Waals surface area contributed by atoms with Crippen LogP contribution in [0.4, 0.5) is 5.69 Å². The molecule has 1 heterocycles. The molecule has 1 aliphatic rings. The first-order valence-electron chi connectivity index (χ1n) is 7.09. The van der Waals surface area contributed by atoms with Gasteiger partial charge in [0.15, 0.2) is 0 Å². The summed E-state index contributed by atoms with van der Waals surface area (Å²) in [5.74, 6) is 1.45. The van der Waals surface area contributed by atoms with Gasteiger partial charge in [-0.15, -0.1) is 0 Å². The number of hydrogen-bond donors (Lipinski definition) is 1. The van der Waals surface area contributed by atoms with Crippen molar-refractivity contribution in [3.8, 4) is 11.5 Å². The Morgan fingerprint density at radius 1 is 1.30 bits per heavy atom. The molecule has 0 radical (unpaired) electrons. The first kappa shape index (κ1) is 15.3. The topological polar surface area (TPSA) is 33.7 Å². The predicted molar refractivity (Wildman–Crippen MR) is 83.5 cm³/mol. The first-order valence-corrected chi connectivity index (χ1v) is 7.47. The molecule has 0 saturated carbocycles.